The highest BCUT2D eigenvalue weighted by Crippen LogP contribution is 2.23. The van der Waals surface area contributed by atoms with Crippen LogP contribution in [0.3, 0.4) is 0 Å². The number of benzene rings is 2. The summed E-state index contributed by atoms with van der Waals surface area (Å²) in [5, 5.41) is 2.89. The number of hydrogen-bond acceptors (Lipinski definition) is 4. The molecule has 1 amide bonds. The summed E-state index contributed by atoms with van der Waals surface area (Å²) < 4.78 is 7.36. The molecule has 0 saturated heterocycles. The van der Waals surface area contributed by atoms with Gasteiger partial charge < -0.3 is 14.5 Å². The molecule has 30 heavy (non-hydrogen) atoms. The molecule has 6 nitrogen and oxygen atoms in total. The monoisotopic (exact) mass is 399 g/mol. The second-order valence-corrected chi connectivity index (χ2v) is 7.10. The first-order valence-corrected chi connectivity index (χ1v) is 9.59. The van der Waals surface area contributed by atoms with E-state index in [0.29, 0.717) is 16.9 Å². The van der Waals surface area contributed by atoms with E-state index in [2.05, 4.69) is 10.3 Å². The Bertz CT molecular complexity index is 1180. The molecular formula is C24H21N3O3. The van der Waals surface area contributed by atoms with Gasteiger partial charge in [-0.2, -0.15) is 0 Å². The van der Waals surface area contributed by atoms with Crippen molar-refractivity contribution in [2.45, 2.75) is 20.0 Å². The maximum Gasteiger partial charge on any atom is 0.359 e. The van der Waals surface area contributed by atoms with Crippen LogP contribution in [0.25, 0.3) is 5.65 Å². The van der Waals surface area contributed by atoms with Gasteiger partial charge in [0.2, 0.25) is 6.10 Å². The zero-order valence-corrected chi connectivity index (χ0v) is 16.7. The summed E-state index contributed by atoms with van der Waals surface area (Å²) in [6.45, 7) is 3.86. The van der Waals surface area contributed by atoms with Crippen LogP contribution in [0.4, 0.5) is 5.69 Å². The lowest BCUT2D eigenvalue weighted by Crippen LogP contribution is -2.26. The fraction of sp³-hybridized carbons (Fsp3) is 0.125. The number of imidazole rings is 1. The van der Waals surface area contributed by atoms with E-state index in [-0.39, 0.29) is 5.69 Å². The summed E-state index contributed by atoms with van der Waals surface area (Å²) in [5.74, 6) is -1.09. The number of carbonyl (C=O) groups excluding carboxylic acids is 2. The molecule has 1 atom stereocenters. The third-order valence-corrected chi connectivity index (χ3v) is 4.79. The Hall–Kier alpha value is -3.93. The highest BCUT2D eigenvalue weighted by Gasteiger charge is 2.27. The summed E-state index contributed by atoms with van der Waals surface area (Å²) in [5.41, 5.74) is 3.98. The molecule has 4 aromatic rings. The number of esters is 1. The van der Waals surface area contributed by atoms with Crippen LogP contribution in [0.5, 0.6) is 0 Å². The van der Waals surface area contributed by atoms with Crippen LogP contribution in [0.1, 0.15) is 33.3 Å². The lowest BCUT2D eigenvalue weighted by molar-refractivity contribution is -0.125. The molecule has 0 radical (unpaired) electrons. The number of aromatic nitrogens is 2. The molecule has 2 aromatic carbocycles. The van der Waals surface area contributed by atoms with Crippen molar-refractivity contribution in [2.75, 3.05) is 5.32 Å². The van der Waals surface area contributed by atoms with E-state index in [1.54, 1.807) is 47.1 Å². The normalized spacial score (nSPS) is 11.8. The number of rotatable bonds is 5. The smallest absolute Gasteiger partial charge is 0.359 e. The average Bonchev–Trinajstić information content (AvgIpc) is 3.19. The Morgan fingerprint density at radius 2 is 1.77 bits per heavy atom. The minimum Gasteiger partial charge on any atom is -0.443 e. The van der Waals surface area contributed by atoms with E-state index in [9.17, 15) is 9.59 Å². The molecule has 4 rings (SSSR count). The van der Waals surface area contributed by atoms with Gasteiger partial charge in [0.1, 0.15) is 5.65 Å². The maximum absolute atomic E-state index is 13.1. The third kappa shape index (κ3) is 4.07. The molecule has 0 fully saturated rings. The van der Waals surface area contributed by atoms with Crippen LogP contribution in [-0.2, 0) is 9.53 Å². The molecule has 0 aliphatic carbocycles. The Morgan fingerprint density at radius 3 is 2.53 bits per heavy atom. The van der Waals surface area contributed by atoms with Gasteiger partial charge in [-0.3, -0.25) is 4.79 Å². The summed E-state index contributed by atoms with van der Waals surface area (Å²) in [6, 6.07) is 20.2. The summed E-state index contributed by atoms with van der Waals surface area (Å²) in [4.78, 5) is 30.2. The van der Waals surface area contributed by atoms with Gasteiger partial charge in [0.15, 0.2) is 5.69 Å². The van der Waals surface area contributed by atoms with Crippen molar-refractivity contribution in [3.63, 3.8) is 0 Å². The highest BCUT2D eigenvalue weighted by molar-refractivity contribution is 5.98. The Morgan fingerprint density at radius 1 is 1.00 bits per heavy atom. The maximum atomic E-state index is 13.1. The zero-order chi connectivity index (χ0) is 21.1. The molecule has 2 heterocycles. The molecule has 6 heteroatoms. The van der Waals surface area contributed by atoms with Crippen LogP contribution < -0.4 is 5.32 Å². The third-order valence-electron chi connectivity index (χ3n) is 4.79. The number of fused-ring (bicyclic) bond motifs is 1. The molecule has 0 spiro atoms. The first-order valence-electron chi connectivity index (χ1n) is 9.59. The molecule has 2 aromatic heterocycles. The van der Waals surface area contributed by atoms with Crippen LogP contribution in [0.15, 0.2) is 79.1 Å². The van der Waals surface area contributed by atoms with Crippen LogP contribution in [0, 0.1) is 13.8 Å². The van der Waals surface area contributed by atoms with Crippen molar-refractivity contribution in [2.24, 2.45) is 0 Å². The number of carbonyl (C=O) groups is 2. The fourth-order valence-corrected chi connectivity index (χ4v) is 3.17. The average molecular weight is 399 g/mol. The molecule has 0 saturated carbocycles. The molecular weight excluding hydrogens is 378 g/mol. The van der Waals surface area contributed by atoms with E-state index >= 15 is 0 Å². The summed E-state index contributed by atoms with van der Waals surface area (Å²) in [6.07, 6.45) is 2.27. The Kier molecular flexibility index (Phi) is 5.30. The minimum absolute atomic E-state index is 0.140. The van der Waals surface area contributed by atoms with Crippen LogP contribution in [0.2, 0.25) is 0 Å². The number of anilines is 1. The largest absolute Gasteiger partial charge is 0.443 e. The summed E-state index contributed by atoms with van der Waals surface area (Å²) in [7, 11) is 0. The first-order chi connectivity index (χ1) is 14.5. The van der Waals surface area contributed by atoms with Gasteiger partial charge in [-0.15, -0.1) is 0 Å². The molecule has 0 aliphatic rings. The van der Waals surface area contributed by atoms with E-state index in [4.69, 9.17) is 4.74 Å². The molecule has 0 bridgehead atoms. The first kappa shape index (κ1) is 19.4. The number of pyridine rings is 1. The molecule has 0 unspecified atom stereocenters. The Balaban J connectivity index is 1.62. The van der Waals surface area contributed by atoms with Gasteiger partial charge in [0.25, 0.3) is 5.91 Å². The van der Waals surface area contributed by atoms with Crippen molar-refractivity contribution in [3.8, 4) is 0 Å². The van der Waals surface area contributed by atoms with Crippen molar-refractivity contribution < 1.29 is 14.3 Å². The second kappa shape index (κ2) is 8.21. The van der Waals surface area contributed by atoms with Gasteiger partial charge in [0.05, 0.1) is 0 Å². The standard InChI is InChI=1S/C24H21N3O3/c1-16-11-12-17(2)19(14-16)26-23(28)22(18-8-4-3-5-9-18)30-24(29)20-15-27-13-7-6-10-21(27)25-20/h3-15,22H,1-2H3,(H,26,28)/t22-/m1/s1. The van der Waals surface area contributed by atoms with Gasteiger partial charge in [-0.1, -0.05) is 48.5 Å². The number of aryl methyl sites for hydroxylation is 2. The number of amides is 1. The van der Waals surface area contributed by atoms with E-state index in [1.807, 2.05) is 50.2 Å². The van der Waals surface area contributed by atoms with Crippen molar-refractivity contribution >= 4 is 23.2 Å². The van der Waals surface area contributed by atoms with Gasteiger partial charge in [-0.25, -0.2) is 9.78 Å². The van der Waals surface area contributed by atoms with Gasteiger partial charge >= 0.3 is 5.97 Å². The van der Waals surface area contributed by atoms with E-state index in [0.717, 1.165) is 11.1 Å². The predicted octanol–water partition coefficient (Wildman–Crippen LogP) is 4.49. The van der Waals surface area contributed by atoms with E-state index in [1.165, 1.54) is 0 Å². The topological polar surface area (TPSA) is 72.7 Å². The van der Waals surface area contributed by atoms with Crippen molar-refractivity contribution in [1.29, 1.82) is 0 Å². The lowest BCUT2D eigenvalue weighted by atomic mass is 10.1. The van der Waals surface area contributed by atoms with Crippen LogP contribution in [-0.4, -0.2) is 21.3 Å². The Labute approximate surface area is 174 Å². The highest BCUT2D eigenvalue weighted by atomic mass is 16.5. The minimum atomic E-state index is -1.11. The summed E-state index contributed by atoms with van der Waals surface area (Å²) >= 11 is 0. The number of ether oxygens (including phenoxy) is 1. The van der Waals surface area contributed by atoms with E-state index < -0.39 is 18.0 Å². The number of hydrogen-bond donors (Lipinski definition) is 1. The number of nitrogens with one attached hydrogen (secondary N) is 1. The SMILES string of the molecule is Cc1ccc(C)c(NC(=O)[C@H](OC(=O)c2cn3ccccc3n2)c2ccccc2)c1. The predicted molar refractivity (Wildman–Crippen MR) is 114 cm³/mol. The fourth-order valence-electron chi connectivity index (χ4n) is 3.17. The van der Waals surface area contributed by atoms with Crippen molar-refractivity contribution in [1.82, 2.24) is 9.38 Å². The van der Waals surface area contributed by atoms with Gasteiger partial charge in [-0.05, 0) is 43.2 Å². The van der Waals surface area contributed by atoms with Crippen molar-refractivity contribution in [3.05, 3.63) is 102 Å². The molecule has 150 valence electrons. The van der Waals surface area contributed by atoms with Gasteiger partial charge in [0, 0.05) is 23.6 Å². The molecule has 1 N–H and O–H groups in total. The quantitative estimate of drug-likeness (QED) is 0.502. The lowest BCUT2D eigenvalue weighted by Gasteiger charge is -2.18. The molecule has 0 aliphatic heterocycles. The number of nitrogens with zero attached hydrogens (tertiary/aromatic N) is 2. The second-order valence-electron chi connectivity index (χ2n) is 7.10. The van der Waals surface area contributed by atoms with Crippen LogP contribution >= 0.6 is 0 Å². The zero-order valence-electron chi connectivity index (χ0n) is 16.7.